The number of benzene rings is 1. The summed E-state index contributed by atoms with van der Waals surface area (Å²) in [6, 6.07) is 4.29. The fraction of sp³-hybridized carbons (Fsp3) is 0.455. The van der Waals surface area contributed by atoms with Crippen molar-refractivity contribution in [3.63, 3.8) is 0 Å². The molecule has 96 valence electrons. The van der Waals surface area contributed by atoms with Crippen LogP contribution in [0.4, 0.5) is 4.39 Å². The first-order valence-electron chi connectivity index (χ1n) is 5.09. The summed E-state index contributed by atoms with van der Waals surface area (Å²) in [5.41, 5.74) is -1.01. The normalized spacial score (nSPS) is 11.8. The van der Waals surface area contributed by atoms with Crippen molar-refractivity contribution in [3.05, 3.63) is 34.6 Å². The van der Waals surface area contributed by atoms with Crippen molar-refractivity contribution >= 4 is 11.6 Å². The lowest BCUT2D eigenvalue weighted by Crippen LogP contribution is -2.54. The molecule has 0 aliphatic carbocycles. The molecule has 0 amide bonds. The number of aliphatic hydroxyl groups excluding tert-OH is 3. The van der Waals surface area contributed by atoms with Gasteiger partial charge in [0.1, 0.15) is 5.82 Å². The molecule has 0 fully saturated rings. The molecule has 4 N–H and O–H groups in total. The van der Waals surface area contributed by atoms with Gasteiger partial charge in [0.05, 0.1) is 25.4 Å². The van der Waals surface area contributed by atoms with E-state index in [9.17, 15) is 4.39 Å². The van der Waals surface area contributed by atoms with Crippen molar-refractivity contribution in [2.24, 2.45) is 0 Å². The van der Waals surface area contributed by atoms with Crippen molar-refractivity contribution in [2.75, 3.05) is 19.8 Å². The zero-order valence-electron chi connectivity index (χ0n) is 9.16. The summed E-state index contributed by atoms with van der Waals surface area (Å²) in [5.74, 6) is -0.479. The molecule has 0 atom stereocenters. The van der Waals surface area contributed by atoms with Crippen LogP contribution in [0, 0.1) is 5.82 Å². The third kappa shape index (κ3) is 3.37. The van der Waals surface area contributed by atoms with Gasteiger partial charge >= 0.3 is 0 Å². The number of halogens is 2. The molecule has 0 aliphatic rings. The number of rotatable bonds is 6. The van der Waals surface area contributed by atoms with Crippen molar-refractivity contribution in [1.82, 2.24) is 5.32 Å². The molecule has 0 radical (unpaired) electrons. The average molecular weight is 264 g/mol. The van der Waals surface area contributed by atoms with E-state index in [0.29, 0.717) is 0 Å². The Morgan fingerprint density at radius 1 is 1.18 bits per heavy atom. The van der Waals surface area contributed by atoms with Gasteiger partial charge in [-0.3, -0.25) is 0 Å². The minimum absolute atomic E-state index is 0.00713. The first kappa shape index (κ1) is 14.3. The first-order valence-corrected chi connectivity index (χ1v) is 5.47. The van der Waals surface area contributed by atoms with Gasteiger partial charge < -0.3 is 20.6 Å². The maximum Gasteiger partial charge on any atom is 0.129 e. The topological polar surface area (TPSA) is 72.7 Å². The first-order chi connectivity index (χ1) is 8.08. The maximum absolute atomic E-state index is 13.4. The minimum atomic E-state index is -1.24. The molecule has 0 spiro atoms. The van der Waals surface area contributed by atoms with Gasteiger partial charge in [-0.25, -0.2) is 4.39 Å². The molecule has 4 nitrogen and oxygen atoms in total. The third-order valence-corrected chi connectivity index (χ3v) is 2.96. The van der Waals surface area contributed by atoms with Crippen LogP contribution in [-0.2, 0) is 6.54 Å². The Balaban J connectivity index is 2.79. The van der Waals surface area contributed by atoms with E-state index in [1.165, 1.54) is 12.1 Å². The van der Waals surface area contributed by atoms with E-state index in [1.807, 2.05) is 0 Å². The van der Waals surface area contributed by atoms with Gasteiger partial charge in [0.15, 0.2) is 0 Å². The fourth-order valence-electron chi connectivity index (χ4n) is 1.29. The molecule has 0 aromatic heterocycles. The summed E-state index contributed by atoms with van der Waals surface area (Å²) in [5, 5.41) is 30.2. The number of aliphatic hydroxyl groups is 3. The molecule has 17 heavy (non-hydrogen) atoms. The van der Waals surface area contributed by atoms with E-state index >= 15 is 0 Å². The summed E-state index contributed by atoms with van der Waals surface area (Å²) < 4.78 is 13.4. The smallest absolute Gasteiger partial charge is 0.129 e. The molecule has 1 aromatic rings. The van der Waals surface area contributed by atoms with E-state index in [0.717, 1.165) is 0 Å². The summed E-state index contributed by atoms with van der Waals surface area (Å²) >= 11 is 5.82. The van der Waals surface area contributed by atoms with Crippen LogP contribution < -0.4 is 5.32 Å². The monoisotopic (exact) mass is 263 g/mol. The molecular formula is C11H15ClFNO3. The molecule has 0 bridgehead atoms. The van der Waals surface area contributed by atoms with Gasteiger partial charge in [-0.15, -0.1) is 0 Å². The summed E-state index contributed by atoms with van der Waals surface area (Å²) in [4.78, 5) is 0. The van der Waals surface area contributed by atoms with Crippen LogP contribution in [0.3, 0.4) is 0 Å². The molecule has 0 saturated heterocycles. The van der Waals surface area contributed by atoms with Crippen LogP contribution in [0.2, 0.25) is 5.02 Å². The van der Waals surface area contributed by atoms with Gasteiger partial charge in [0.25, 0.3) is 0 Å². The Kier molecular flexibility index (Phi) is 5.30. The van der Waals surface area contributed by atoms with Gasteiger partial charge in [0, 0.05) is 17.1 Å². The third-order valence-electron chi connectivity index (χ3n) is 2.61. The highest BCUT2D eigenvalue weighted by atomic mass is 35.5. The summed E-state index contributed by atoms with van der Waals surface area (Å²) in [6.45, 7) is -1.39. The lowest BCUT2D eigenvalue weighted by molar-refractivity contribution is 0.0412. The number of nitrogens with one attached hydrogen (secondary N) is 1. The second kappa shape index (κ2) is 6.28. The molecular weight excluding hydrogens is 249 g/mol. The van der Waals surface area contributed by atoms with E-state index in [4.69, 9.17) is 26.9 Å². The largest absolute Gasteiger partial charge is 0.394 e. The predicted molar refractivity (Wildman–Crippen MR) is 62.2 cm³/mol. The summed E-state index contributed by atoms with van der Waals surface area (Å²) in [7, 11) is 0. The van der Waals surface area contributed by atoms with Gasteiger partial charge in [-0.1, -0.05) is 17.7 Å². The van der Waals surface area contributed by atoms with Gasteiger partial charge in [0.2, 0.25) is 0 Å². The Bertz CT molecular complexity index is 343. The zero-order valence-corrected chi connectivity index (χ0v) is 9.91. The van der Waals surface area contributed by atoms with E-state index in [1.54, 1.807) is 6.07 Å². The van der Waals surface area contributed by atoms with Crippen LogP contribution in [0.15, 0.2) is 18.2 Å². The number of hydrogen-bond acceptors (Lipinski definition) is 4. The summed E-state index contributed by atoms with van der Waals surface area (Å²) in [6.07, 6.45) is 0. The molecule has 0 heterocycles. The highest BCUT2D eigenvalue weighted by molar-refractivity contribution is 6.31. The van der Waals surface area contributed by atoms with Gasteiger partial charge in [-0.05, 0) is 12.1 Å². The molecule has 6 heteroatoms. The van der Waals surface area contributed by atoms with Crippen molar-refractivity contribution in [3.8, 4) is 0 Å². The molecule has 0 unspecified atom stereocenters. The van der Waals surface area contributed by atoms with Crippen LogP contribution in [0.25, 0.3) is 0 Å². The Morgan fingerprint density at radius 3 is 2.24 bits per heavy atom. The molecule has 1 rings (SSSR count). The average Bonchev–Trinajstić information content (AvgIpc) is 2.34. The Labute approximate surface area is 104 Å². The fourth-order valence-corrected chi connectivity index (χ4v) is 1.52. The second-order valence-electron chi connectivity index (χ2n) is 3.81. The van der Waals surface area contributed by atoms with E-state index < -0.39 is 31.2 Å². The maximum atomic E-state index is 13.4. The van der Waals surface area contributed by atoms with Crippen LogP contribution in [-0.4, -0.2) is 40.7 Å². The number of hydrogen-bond donors (Lipinski definition) is 4. The SMILES string of the molecule is OCC(CO)(CO)NCc1c(F)cccc1Cl. The lowest BCUT2D eigenvalue weighted by atomic mass is 10.0. The van der Waals surface area contributed by atoms with Crippen LogP contribution in [0.5, 0.6) is 0 Å². The van der Waals surface area contributed by atoms with E-state index in [-0.39, 0.29) is 17.1 Å². The van der Waals surface area contributed by atoms with Crippen molar-refractivity contribution in [1.29, 1.82) is 0 Å². The minimum Gasteiger partial charge on any atom is -0.394 e. The highest BCUT2D eigenvalue weighted by Crippen LogP contribution is 2.19. The second-order valence-corrected chi connectivity index (χ2v) is 4.22. The zero-order chi connectivity index (χ0) is 12.9. The standard InChI is InChI=1S/C11H15ClFNO3/c12-9-2-1-3-10(13)8(9)4-14-11(5-15,6-16)7-17/h1-3,14-17H,4-7H2. The molecule has 1 aromatic carbocycles. The lowest BCUT2D eigenvalue weighted by Gasteiger charge is -2.29. The van der Waals surface area contributed by atoms with Crippen LogP contribution >= 0.6 is 11.6 Å². The molecule has 0 saturated carbocycles. The quantitative estimate of drug-likeness (QED) is 0.595. The van der Waals surface area contributed by atoms with Gasteiger partial charge in [-0.2, -0.15) is 0 Å². The predicted octanol–water partition coefficient (Wildman–Crippen LogP) is 0.284. The van der Waals surface area contributed by atoms with Crippen LogP contribution in [0.1, 0.15) is 5.56 Å². The Hall–Kier alpha value is -0.720. The Morgan fingerprint density at radius 2 is 1.76 bits per heavy atom. The van der Waals surface area contributed by atoms with Crippen molar-refractivity contribution < 1.29 is 19.7 Å². The van der Waals surface area contributed by atoms with Crippen molar-refractivity contribution in [2.45, 2.75) is 12.1 Å². The molecule has 0 aliphatic heterocycles. The highest BCUT2D eigenvalue weighted by Gasteiger charge is 2.27. The van der Waals surface area contributed by atoms with E-state index in [2.05, 4.69) is 5.32 Å².